The summed E-state index contributed by atoms with van der Waals surface area (Å²) in [6, 6.07) is 0. The van der Waals surface area contributed by atoms with Gasteiger partial charge in [0.1, 0.15) is 0 Å². The highest BCUT2D eigenvalue weighted by atomic mass is 16.5. The molecule has 0 heterocycles. The molecule has 0 atom stereocenters. The second-order valence-corrected chi connectivity index (χ2v) is 4.70. The molecule has 0 aromatic heterocycles. The Bertz CT molecular complexity index is 209. The molecule has 106 valence electrons. The SMILES string of the molecule is CC/C=C\CCCCCCCCCC(=O)OCC. The second kappa shape index (κ2) is 14.3. The smallest absolute Gasteiger partial charge is 0.305 e. The predicted molar refractivity (Wildman–Crippen MR) is 77.6 cm³/mol. The van der Waals surface area contributed by atoms with Crippen LogP contribution in [0.5, 0.6) is 0 Å². The number of carbonyl (C=O) groups excluding carboxylic acids is 1. The van der Waals surface area contributed by atoms with Crippen molar-refractivity contribution in [1.29, 1.82) is 0 Å². The molecule has 0 amide bonds. The summed E-state index contributed by atoms with van der Waals surface area (Å²) < 4.78 is 4.89. The van der Waals surface area contributed by atoms with Crippen LogP contribution in [0.15, 0.2) is 12.2 Å². The van der Waals surface area contributed by atoms with Gasteiger partial charge in [-0.1, -0.05) is 51.2 Å². The van der Waals surface area contributed by atoms with Gasteiger partial charge in [-0.3, -0.25) is 4.79 Å². The molecular weight excluding hydrogens is 224 g/mol. The Hall–Kier alpha value is -0.790. The molecule has 0 spiro atoms. The lowest BCUT2D eigenvalue weighted by Gasteiger charge is -2.02. The number of rotatable bonds is 12. The normalized spacial score (nSPS) is 11.0. The van der Waals surface area contributed by atoms with Crippen LogP contribution in [0, 0.1) is 0 Å². The summed E-state index contributed by atoms with van der Waals surface area (Å²) in [6.07, 6.45) is 16.2. The van der Waals surface area contributed by atoms with E-state index in [4.69, 9.17) is 4.74 Å². The van der Waals surface area contributed by atoms with Crippen LogP contribution in [0.25, 0.3) is 0 Å². The number of hydrogen-bond donors (Lipinski definition) is 0. The Labute approximate surface area is 113 Å². The van der Waals surface area contributed by atoms with Crippen LogP contribution in [-0.2, 0) is 9.53 Å². The van der Waals surface area contributed by atoms with Crippen molar-refractivity contribution in [2.45, 2.75) is 78.1 Å². The first kappa shape index (κ1) is 17.2. The number of carbonyl (C=O) groups is 1. The zero-order valence-electron chi connectivity index (χ0n) is 12.2. The van der Waals surface area contributed by atoms with Gasteiger partial charge in [-0.15, -0.1) is 0 Å². The first-order valence-electron chi connectivity index (χ1n) is 7.61. The van der Waals surface area contributed by atoms with Crippen LogP contribution in [0.2, 0.25) is 0 Å². The molecule has 2 heteroatoms. The van der Waals surface area contributed by atoms with Crippen LogP contribution in [-0.4, -0.2) is 12.6 Å². The van der Waals surface area contributed by atoms with Crippen molar-refractivity contribution < 1.29 is 9.53 Å². The Morgan fingerprint density at radius 1 is 0.889 bits per heavy atom. The Balaban J connectivity index is 3.07. The van der Waals surface area contributed by atoms with Crippen LogP contribution in [0.3, 0.4) is 0 Å². The molecule has 18 heavy (non-hydrogen) atoms. The number of esters is 1. The van der Waals surface area contributed by atoms with E-state index < -0.39 is 0 Å². The maximum Gasteiger partial charge on any atom is 0.305 e. The molecule has 0 N–H and O–H groups in total. The predicted octanol–water partition coefficient (Wildman–Crippen LogP) is 5.03. The number of unbranched alkanes of at least 4 members (excludes halogenated alkanes) is 7. The van der Waals surface area contributed by atoms with E-state index >= 15 is 0 Å². The summed E-state index contributed by atoms with van der Waals surface area (Å²) >= 11 is 0. The van der Waals surface area contributed by atoms with Gasteiger partial charge in [0.15, 0.2) is 0 Å². The van der Waals surface area contributed by atoms with Crippen molar-refractivity contribution in [2.24, 2.45) is 0 Å². The number of hydrogen-bond acceptors (Lipinski definition) is 2. The molecule has 0 rings (SSSR count). The molecule has 0 aliphatic heterocycles. The van der Waals surface area contributed by atoms with E-state index in [0.29, 0.717) is 13.0 Å². The van der Waals surface area contributed by atoms with Gasteiger partial charge in [-0.2, -0.15) is 0 Å². The lowest BCUT2D eigenvalue weighted by Crippen LogP contribution is -2.03. The zero-order valence-corrected chi connectivity index (χ0v) is 12.2. The molecule has 0 aromatic carbocycles. The monoisotopic (exact) mass is 254 g/mol. The van der Waals surface area contributed by atoms with E-state index in [1.165, 1.54) is 38.5 Å². The molecule has 0 aliphatic carbocycles. The molecule has 0 bridgehead atoms. The van der Waals surface area contributed by atoms with Gasteiger partial charge in [-0.25, -0.2) is 0 Å². The average molecular weight is 254 g/mol. The first-order valence-corrected chi connectivity index (χ1v) is 7.61. The second-order valence-electron chi connectivity index (χ2n) is 4.70. The quantitative estimate of drug-likeness (QED) is 0.277. The molecule has 0 fully saturated rings. The van der Waals surface area contributed by atoms with Crippen molar-refractivity contribution >= 4 is 5.97 Å². The number of allylic oxidation sites excluding steroid dienone is 2. The first-order chi connectivity index (χ1) is 8.81. The summed E-state index contributed by atoms with van der Waals surface area (Å²) in [5.74, 6) is -0.0415. The van der Waals surface area contributed by atoms with E-state index in [-0.39, 0.29) is 5.97 Å². The lowest BCUT2D eigenvalue weighted by atomic mass is 10.1. The van der Waals surface area contributed by atoms with Gasteiger partial charge in [0.2, 0.25) is 0 Å². The summed E-state index contributed by atoms with van der Waals surface area (Å²) in [4.78, 5) is 11.1. The van der Waals surface area contributed by atoms with Gasteiger partial charge in [0.05, 0.1) is 6.61 Å². The molecule has 0 radical (unpaired) electrons. The molecular formula is C16H30O2. The number of ether oxygens (including phenoxy) is 1. The van der Waals surface area contributed by atoms with E-state index in [0.717, 1.165) is 19.3 Å². The Morgan fingerprint density at radius 2 is 1.50 bits per heavy atom. The standard InChI is InChI=1S/C16H30O2/c1-3-5-6-7-8-9-10-11-12-13-14-15-16(17)18-4-2/h5-6H,3-4,7-15H2,1-2H3/b6-5-. The van der Waals surface area contributed by atoms with E-state index in [9.17, 15) is 4.79 Å². The van der Waals surface area contributed by atoms with Gasteiger partial charge in [0, 0.05) is 6.42 Å². The van der Waals surface area contributed by atoms with Gasteiger partial charge >= 0.3 is 5.97 Å². The molecule has 0 aliphatic rings. The highest BCUT2D eigenvalue weighted by molar-refractivity contribution is 5.69. The third-order valence-electron chi connectivity index (χ3n) is 2.96. The Kier molecular flexibility index (Phi) is 13.6. The summed E-state index contributed by atoms with van der Waals surface area (Å²) in [6.45, 7) is 4.53. The minimum absolute atomic E-state index is 0.0415. The van der Waals surface area contributed by atoms with E-state index in [2.05, 4.69) is 19.1 Å². The van der Waals surface area contributed by atoms with Gasteiger partial charge in [-0.05, 0) is 32.6 Å². The Morgan fingerprint density at radius 3 is 2.11 bits per heavy atom. The summed E-state index contributed by atoms with van der Waals surface area (Å²) in [5.41, 5.74) is 0. The van der Waals surface area contributed by atoms with Crippen LogP contribution >= 0.6 is 0 Å². The summed E-state index contributed by atoms with van der Waals surface area (Å²) in [7, 11) is 0. The van der Waals surface area contributed by atoms with Crippen LogP contribution < -0.4 is 0 Å². The molecule has 0 unspecified atom stereocenters. The lowest BCUT2D eigenvalue weighted by molar-refractivity contribution is -0.143. The molecule has 0 aromatic rings. The molecule has 0 saturated carbocycles. The highest BCUT2D eigenvalue weighted by Crippen LogP contribution is 2.10. The van der Waals surface area contributed by atoms with E-state index in [1.54, 1.807) is 0 Å². The minimum atomic E-state index is -0.0415. The zero-order chi connectivity index (χ0) is 13.5. The largest absolute Gasteiger partial charge is 0.466 e. The van der Waals surface area contributed by atoms with Crippen molar-refractivity contribution in [3.8, 4) is 0 Å². The molecule has 2 nitrogen and oxygen atoms in total. The fourth-order valence-corrected chi connectivity index (χ4v) is 1.93. The van der Waals surface area contributed by atoms with Crippen LogP contribution in [0.4, 0.5) is 0 Å². The van der Waals surface area contributed by atoms with Crippen molar-refractivity contribution in [3.63, 3.8) is 0 Å². The maximum atomic E-state index is 11.1. The third kappa shape index (κ3) is 13.3. The topological polar surface area (TPSA) is 26.3 Å². The average Bonchev–Trinajstić information content (AvgIpc) is 2.36. The van der Waals surface area contributed by atoms with Crippen LogP contribution in [0.1, 0.15) is 78.1 Å². The highest BCUT2D eigenvalue weighted by Gasteiger charge is 2.00. The van der Waals surface area contributed by atoms with Gasteiger partial charge < -0.3 is 4.74 Å². The fourth-order valence-electron chi connectivity index (χ4n) is 1.93. The fraction of sp³-hybridized carbons (Fsp3) is 0.812. The van der Waals surface area contributed by atoms with E-state index in [1.807, 2.05) is 6.92 Å². The van der Waals surface area contributed by atoms with Crippen molar-refractivity contribution in [3.05, 3.63) is 12.2 Å². The van der Waals surface area contributed by atoms with Crippen molar-refractivity contribution in [1.82, 2.24) is 0 Å². The third-order valence-corrected chi connectivity index (χ3v) is 2.96. The minimum Gasteiger partial charge on any atom is -0.466 e. The van der Waals surface area contributed by atoms with Gasteiger partial charge in [0.25, 0.3) is 0 Å². The van der Waals surface area contributed by atoms with Crippen molar-refractivity contribution in [2.75, 3.05) is 6.61 Å². The maximum absolute atomic E-state index is 11.1. The summed E-state index contributed by atoms with van der Waals surface area (Å²) in [5, 5.41) is 0. The molecule has 0 saturated heterocycles.